The summed E-state index contributed by atoms with van der Waals surface area (Å²) in [6.45, 7) is 10.9. The van der Waals surface area contributed by atoms with Crippen LogP contribution in [0, 0.1) is 6.92 Å². The number of fused-ring (bicyclic) bond motifs is 1. The summed E-state index contributed by atoms with van der Waals surface area (Å²) in [5.41, 5.74) is 1.93. The van der Waals surface area contributed by atoms with Gasteiger partial charge in [0.1, 0.15) is 10.8 Å². The van der Waals surface area contributed by atoms with Crippen molar-refractivity contribution >= 4 is 17.2 Å². The normalized spacial score (nSPS) is 18.0. The van der Waals surface area contributed by atoms with E-state index in [0.29, 0.717) is 6.42 Å². The van der Waals surface area contributed by atoms with Crippen LogP contribution in [0.25, 0.3) is 0 Å². The van der Waals surface area contributed by atoms with E-state index in [2.05, 4.69) is 32.1 Å². The minimum atomic E-state index is 0.0308. The van der Waals surface area contributed by atoms with Crippen molar-refractivity contribution in [2.45, 2.75) is 59.3 Å². The second-order valence-corrected chi connectivity index (χ2v) is 7.65. The van der Waals surface area contributed by atoms with E-state index in [-0.39, 0.29) is 18.0 Å². The standard InChI is InChI=1S/C17H25N5OS/c1-11(2)18-15(23)7-14-8-22-6-5-21(13(4)17(22)20-14)9-16-19-12(3)10-24-16/h8,10-11,13H,5-7,9H2,1-4H3,(H,18,23). The Morgan fingerprint density at radius 2 is 2.21 bits per heavy atom. The first-order valence-corrected chi connectivity index (χ1v) is 9.30. The molecule has 3 rings (SSSR count). The van der Waals surface area contributed by atoms with Crippen LogP contribution >= 0.6 is 11.3 Å². The van der Waals surface area contributed by atoms with Crippen LogP contribution in [0.2, 0.25) is 0 Å². The molecule has 1 N–H and O–H groups in total. The average molecular weight is 347 g/mol. The Hall–Kier alpha value is -1.73. The number of thiazole rings is 1. The third-order valence-electron chi connectivity index (χ3n) is 4.20. The molecule has 0 spiro atoms. The van der Waals surface area contributed by atoms with Crippen molar-refractivity contribution in [2.75, 3.05) is 6.54 Å². The summed E-state index contributed by atoms with van der Waals surface area (Å²) in [5.74, 6) is 1.07. The number of amides is 1. The molecule has 6 nitrogen and oxygen atoms in total. The first-order valence-electron chi connectivity index (χ1n) is 8.42. The molecule has 1 aliphatic rings. The van der Waals surface area contributed by atoms with Crippen LogP contribution < -0.4 is 5.32 Å². The zero-order chi connectivity index (χ0) is 17.3. The summed E-state index contributed by atoms with van der Waals surface area (Å²) >= 11 is 1.71. The summed E-state index contributed by atoms with van der Waals surface area (Å²) in [4.78, 5) is 23.6. The molecule has 0 aromatic carbocycles. The summed E-state index contributed by atoms with van der Waals surface area (Å²) in [7, 11) is 0. The topological polar surface area (TPSA) is 63.1 Å². The van der Waals surface area contributed by atoms with Gasteiger partial charge in [-0.1, -0.05) is 0 Å². The summed E-state index contributed by atoms with van der Waals surface area (Å²) in [5, 5.41) is 6.16. The van der Waals surface area contributed by atoms with Crippen molar-refractivity contribution in [1.82, 2.24) is 24.8 Å². The molecule has 0 radical (unpaired) electrons. The number of nitrogens with one attached hydrogen (secondary N) is 1. The Morgan fingerprint density at radius 3 is 2.88 bits per heavy atom. The molecule has 7 heteroatoms. The summed E-state index contributed by atoms with van der Waals surface area (Å²) in [6, 6.07) is 0.385. The maximum absolute atomic E-state index is 11.9. The van der Waals surface area contributed by atoms with Gasteiger partial charge in [-0.05, 0) is 27.7 Å². The Morgan fingerprint density at radius 1 is 1.42 bits per heavy atom. The Bertz CT molecular complexity index is 720. The van der Waals surface area contributed by atoms with E-state index >= 15 is 0 Å². The molecular formula is C17H25N5OS. The van der Waals surface area contributed by atoms with Crippen molar-refractivity contribution in [1.29, 1.82) is 0 Å². The molecule has 0 aliphatic carbocycles. The zero-order valence-corrected chi connectivity index (χ0v) is 15.6. The minimum absolute atomic E-state index is 0.0308. The van der Waals surface area contributed by atoms with Gasteiger partial charge in [0, 0.05) is 36.4 Å². The van der Waals surface area contributed by atoms with Gasteiger partial charge in [0.05, 0.1) is 24.7 Å². The highest BCUT2D eigenvalue weighted by Gasteiger charge is 2.27. The van der Waals surface area contributed by atoms with E-state index in [1.54, 1.807) is 11.3 Å². The van der Waals surface area contributed by atoms with Crippen LogP contribution in [-0.2, 0) is 24.3 Å². The lowest BCUT2D eigenvalue weighted by atomic mass is 10.2. The molecule has 1 amide bonds. The molecule has 2 aromatic heterocycles. The lowest BCUT2D eigenvalue weighted by Crippen LogP contribution is -2.36. The number of imidazole rings is 1. The molecule has 24 heavy (non-hydrogen) atoms. The van der Waals surface area contributed by atoms with Crippen LogP contribution in [0.5, 0.6) is 0 Å². The second-order valence-electron chi connectivity index (χ2n) is 6.71. The number of aromatic nitrogens is 3. The highest BCUT2D eigenvalue weighted by Crippen LogP contribution is 2.27. The van der Waals surface area contributed by atoms with E-state index in [1.807, 2.05) is 27.0 Å². The monoisotopic (exact) mass is 347 g/mol. The largest absolute Gasteiger partial charge is 0.354 e. The molecule has 0 fully saturated rings. The molecule has 1 unspecified atom stereocenters. The van der Waals surface area contributed by atoms with Gasteiger partial charge in [0.15, 0.2) is 0 Å². The van der Waals surface area contributed by atoms with E-state index in [4.69, 9.17) is 4.98 Å². The van der Waals surface area contributed by atoms with Gasteiger partial charge in [-0.15, -0.1) is 11.3 Å². The number of aryl methyl sites for hydroxylation is 1. The van der Waals surface area contributed by atoms with Crippen molar-refractivity contribution in [3.05, 3.63) is 33.8 Å². The molecule has 2 aromatic rings. The molecular weight excluding hydrogens is 322 g/mol. The third kappa shape index (κ3) is 3.84. The number of rotatable bonds is 5. The lowest BCUT2D eigenvalue weighted by molar-refractivity contribution is -0.120. The van der Waals surface area contributed by atoms with Crippen LogP contribution in [0.4, 0.5) is 0 Å². The van der Waals surface area contributed by atoms with E-state index in [0.717, 1.165) is 41.9 Å². The smallest absolute Gasteiger partial charge is 0.226 e. The number of hydrogen-bond acceptors (Lipinski definition) is 5. The zero-order valence-electron chi connectivity index (χ0n) is 14.7. The lowest BCUT2D eigenvalue weighted by Gasteiger charge is -2.33. The SMILES string of the molecule is Cc1csc(CN2CCn3cc(CC(=O)NC(C)C)nc3C2C)n1. The maximum Gasteiger partial charge on any atom is 0.226 e. The molecule has 0 bridgehead atoms. The Kier molecular flexibility index (Phi) is 5.01. The minimum Gasteiger partial charge on any atom is -0.354 e. The van der Waals surface area contributed by atoms with Crippen LogP contribution in [-0.4, -0.2) is 37.9 Å². The number of carbonyl (C=O) groups is 1. The fourth-order valence-corrected chi connectivity index (χ4v) is 3.88. The molecule has 0 saturated carbocycles. The Labute approximate surface area is 146 Å². The number of carbonyl (C=O) groups excluding carboxylic acids is 1. The molecule has 130 valence electrons. The molecule has 0 saturated heterocycles. The van der Waals surface area contributed by atoms with Crippen molar-refractivity contribution in [3.63, 3.8) is 0 Å². The van der Waals surface area contributed by atoms with Gasteiger partial charge in [0.2, 0.25) is 5.91 Å². The fraction of sp³-hybridized carbons (Fsp3) is 0.588. The maximum atomic E-state index is 11.9. The van der Waals surface area contributed by atoms with Gasteiger partial charge in [-0.3, -0.25) is 9.69 Å². The van der Waals surface area contributed by atoms with Crippen molar-refractivity contribution in [2.24, 2.45) is 0 Å². The quantitative estimate of drug-likeness (QED) is 0.901. The van der Waals surface area contributed by atoms with Gasteiger partial charge in [0.25, 0.3) is 0 Å². The van der Waals surface area contributed by atoms with Gasteiger partial charge >= 0.3 is 0 Å². The fourth-order valence-electron chi connectivity index (χ4n) is 3.08. The highest BCUT2D eigenvalue weighted by atomic mass is 32.1. The highest BCUT2D eigenvalue weighted by molar-refractivity contribution is 7.09. The van der Waals surface area contributed by atoms with E-state index < -0.39 is 0 Å². The summed E-state index contributed by atoms with van der Waals surface area (Å²) < 4.78 is 2.19. The number of nitrogens with zero attached hydrogens (tertiary/aromatic N) is 4. The first kappa shape index (κ1) is 17.1. The predicted octanol–water partition coefficient (Wildman–Crippen LogP) is 2.29. The summed E-state index contributed by atoms with van der Waals surface area (Å²) in [6.07, 6.45) is 2.37. The second kappa shape index (κ2) is 7.03. The van der Waals surface area contributed by atoms with Crippen molar-refractivity contribution < 1.29 is 4.79 Å². The van der Waals surface area contributed by atoms with Gasteiger partial charge < -0.3 is 9.88 Å². The predicted molar refractivity (Wildman–Crippen MR) is 94.9 cm³/mol. The third-order valence-corrected chi connectivity index (χ3v) is 5.15. The Balaban J connectivity index is 1.68. The first-order chi connectivity index (χ1) is 11.4. The molecule has 1 atom stereocenters. The molecule has 3 heterocycles. The van der Waals surface area contributed by atoms with Crippen LogP contribution in [0.3, 0.4) is 0 Å². The van der Waals surface area contributed by atoms with E-state index in [9.17, 15) is 4.79 Å². The van der Waals surface area contributed by atoms with Crippen molar-refractivity contribution in [3.8, 4) is 0 Å². The van der Waals surface area contributed by atoms with Crippen LogP contribution in [0.1, 0.15) is 49.0 Å². The van der Waals surface area contributed by atoms with E-state index in [1.165, 1.54) is 0 Å². The van der Waals surface area contributed by atoms with Crippen LogP contribution in [0.15, 0.2) is 11.6 Å². The molecule has 1 aliphatic heterocycles. The number of hydrogen-bond donors (Lipinski definition) is 1. The van der Waals surface area contributed by atoms with Gasteiger partial charge in [-0.2, -0.15) is 0 Å². The van der Waals surface area contributed by atoms with Gasteiger partial charge in [-0.25, -0.2) is 9.97 Å². The average Bonchev–Trinajstić information content (AvgIpc) is 3.07.